The van der Waals surface area contributed by atoms with Crippen LogP contribution in [0, 0.1) is 0 Å². The zero-order chi connectivity index (χ0) is 15.4. The van der Waals surface area contributed by atoms with E-state index in [9.17, 15) is 4.79 Å². The van der Waals surface area contributed by atoms with Crippen LogP contribution in [0.4, 0.5) is 0 Å². The lowest BCUT2D eigenvalue weighted by Crippen LogP contribution is -2.36. The molecule has 3 rings (SSSR count). The Hall–Kier alpha value is -1.92. The van der Waals surface area contributed by atoms with Gasteiger partial charge in [0.1, 0.15) is 15.6 Å². The van der Waals surface area contributed by atoms with E-state index in [1.165, 1.54) is 17.8 Å². The molecule has 1 aliphatic rings. The Balaban J connectivity index is 1.63. The second kappa shape index (κ2) is 6.89. The van der Waals surface area contributed by atoms with E-state index in [4.69, 9.17) is 4.74 Å². The van der Waals surface area contributed by atoms with Crippen molar-refractivity contribution in [3.8, 4) is 16.3 Å². The highest BCUT2D eigenvalue weighted by molar-refractivity contribution is 7.16. The lowest BCUT2D eigenvalue weighted by molar-refractivity contribution is 0.0954. The Morgan fingerprint density at radius 2 is 2.27 bits per heavy atom. The van der Waals surface area contributed by atoms with Crippen molar-refractivity contribution in [2.24, 2.45) is 0 Å². The predicted molar refractivity (Wildman–Crippen MR) is 87.5 cm³/mol. The van der Waals surface area contributed by atoms with Gasteiger partial charge in [-0.3, -0.25) is 4.79 Å². The maximum Gasteiger partial charge on any atom is 0.263 e. The fourth-order valence-corrected chi connectivity index (χ4v) is 3.32. The van der Waals surface area contributed by atoms with Gasteiger partial charge in [0.2, 0.25) is 0 Å². The van der Waals surface area contributed by atoms with Crippen LogP contribution in [0.15, 0.2) is 30.5 Å². The Kier molecular flexibility index (Phi) is 4.70. The first-order valence-electron chi connectivity index (χ1n) is 7.38. The van der Waals surface area contributed by atoms with Gasteiger partial charge in [-0.2, -0.15) is 0 Å². The van der Waals surface area contributed by atoms with Crippen molar-refractivity contribution in [1.29, 1.82) is 0 Å². The molecule has 0 saturated carbocycles. The number of rotatable bonds is 5. The number of nitrogens with one attached hydrogen (secondary N) is 2. The summed E-state index contributed by atoms with van der Waals surface area (Å²) < 4.78 is 5.14. The zero-order valence-electron chi connectivity index (χ0n) is 12.5. The second-order valence-electron chi connectivity index (χ2n) is 5.26. The van der Waals surface area contributed by atoms with Gasteiger partial charge in [-0.1, -0.05) is 0 Å². The summed E-state index contributed by atoms with van der Waals surface area (Å²) in [5.41, 5.74) is 0.988. The number of aromatic nitrogens is 1. The van der Waals surface area contributed by atoms with E-state index in [2.05, 4.69) is 15.6 Å². The van der Waals surface area contributed by atoms with Gasteiger partial charge in [-0.15, -0.1) is 11.3 Å². The summed E-state index contributed by atoms with van der Waals surface area (Å²) in [5.74, 6) is 0.758. The molecule has 0 aliphatic carbocycles. The van der Waals surface area contributed by atoms with Crippen molar-refractivity contribution in [3.63, 3.8) is 0 Å². The predicted octanol–water partition coefficient (Wildman–Crippen LogP) is 2.30. The Morgan fingerprint density at radius 1 is 1.45 bits per heavy atom. The maximum atomic E-state index is 12.2. The molecule has 0 bridgehead atoms. The number of nitrogens with zero attached hydrogens (tertiary/aromatic N) is 1. The number of carbonyl (C=O) groups is 1. The van der Waals surface area contributed by atoms with Crippen LogP contribution in [-0.4, -0.2) is 37.1 Å². The average Bonchev–Trinajstić information content (AvgIpc) is 3.24. The number of methoxy groups -OCH3 is 1. The smallest absolute Gasteiger partial charge is 0.263 e. The highest BCUT2D eigenvalue weighted by Gasteiger charge is 2.16. The van der Waals surface area contributed by atoms with Crippen LogP contribution < -0.4 is 15.4 Å². The average molecular weight is 317 g/mol. The second-order valence-corrected chi connectivity index (χ2v) is 6.29. The maximum absolute atomic E-state index is 12.2. The first-order valence-corrected chi connectivity index (χ1v) is 8.20. The normalized spacial score (nSPS) is 17.4. The van der Waals surface area contributed by atoms with Crippen LogP contribution in [0.5, 0.6) is 5.75 Å². The van der Waals surface area contributed by atoms with Gasteiger partial charge in [-0.25, -0.2) is 4.98 Å². The van der Waals surface area contributed by atoms with E-state index < -0.39 is 0 Å². The largest absolute Gasteiger partial charge is 0.497 e. The van der Waals surface area contributed by atoms with E-state index in [0.29, 0.717) is 17.5 Å². The number of hydrogen-bond acceptors (Lipinski definition) is 5. The first-order chi connectivity index (χ1) is 10.8. The Bertz CT molecular complexity index is 633. The highest BCUT2D eigenvalue weighted by Crippen LogP contribution is 2.26. The molecule has 1 aromatic heterocycles. The van der Waals surface area contributed by atoms with Crippen LogP contribution >= 0.6 is 11.3 Å². The van der Waals surface area contributed by atoms with Gasteiger partial charge in [0.05, 0.1) is 13.3 Å². The molecule has 5 nitrogen and oxygen atoms in total. The molecule has 6 heteroatoms. The minimum atomic E-state index is -0.0500. The van der Waals surface area contributed by atoms with Crippen LogP contribution in [0.1, 0.15) is 22.5 Å². The summed E-state index contributed by atoms with van der Waals surface area (Å²) in [6.45, 7) is 1.72. The molecule has 22 heavy (non-hydrogen) atoms. The minimum Gasteiger partial charge on any atom is -0.497 e. The van der Waals surface area contributed by atoms with E-state index in [1.807, 2.05) is 24.3 Å². The van der Waals surface area contributed by atoms with Crippen LogP contribution in [-0.2, 0) is 0 Å². The standard InChI is InChI=1S/C16H19N3O2S/c1-21-13-6-4-11(5-7-13)16-19-10-14(22-16)15(20)18-9-12-3-2-8-17-12/h4-7,10,12,17H,2-3,8-9H2,1H3,(H,18,20). The molecule has 116 valence electrons. The van der Waals surface area contributed by atoms with Crippen LogP contribution in [0.3, 0.4) is 0 Å². The molecule has 1 amide bonds. The molecular weight excluding hydrogens is 298 g/mol. The monoisotopic (exact) mass is 317 g/mol. The lowest BCUT2D eigenvalue weighted by atomic mass is 10.2. The molecule has 1 unspecified atom stereocenters. The summed E-state index contributed by atoms with van der Waals surface area (Å²) in [4.78, 5) is 17.1. The quantitative estimate of drug-likeness (QED) is 0.888. The van der Waals surface area contributed by atoms with E-state index in [1.54, 1.807) is 13.3 Å². The molecule has 1 saturated heterocycles. The first kappa shape index (κ1) is 15.0. The van der Waals surface area contributed by atoms with Crippen LogP contribution in [0.2, 0.25) is 0 Å². The van der Waals surface area contributed by atoms with Gasteiger partial charge < -0.3 is 15.4 Å². The SMILES string of the molecule is COc1ccc(-c2ncc(C(=O)NCC3CCCN3)s2)cc1. The van der Waals surface area contributed by atoms with Crippen molar-refractivity contribution >= 4 is 17.2 Å². The van der Waals surface area contributed by atoms with Crippen molar-refractivity contribution in [3.05, 3.63) is 35.3 Å². The number of carbonyl (C=O) groups excluding carboxylic acids is 1. The molecule has 2 N–H and O–H groups in total. The Labute approximate surface area is 133 Å². The zero-order valence-corrected chi connectivity index (χ0v) is 13.3. The fraction of sp³-hybridized carbons (Fsp3) is 0.375. The van der Waals surface area contributed by atoms with Crippen molar-refractivity contribution in [1.82, 2.24) is 15.6 Å². The number of amides is 1. The molecule has 0 radical (unpaired) electrons. The van der Waals surface area contributed by atoms with Crippen molar-refractivity contribution < 1.29 is 9.53 Å². The van der Waals surface area contributed by atoms with Crippen LogP contribution in [0.25, 0.3) is 10.6 Å². The van der Waals surface area contributed by atoms with Gasteiger partial charge in [-0.05, 0) is 43.7 Å². The molecule has 1 atom stereocenters. The van der Waals surface area contributed by atoms with E-state index >= 15 is 0 Å². The molecule has 0 spiro atoms. The van der Waals surface area contributed by atoms with Gasteiger partial charge >= 0.3 is 0 Å². The van der Waals surface area contributed by atoms with Gasteiger partial charge in [0.25, 0.3) is 5.91 Å². The topological polar surface area (TPSA) is 63.2 Å². The van der Waals surface area contributed by atoms with E-state index in [0.717, 1.165) is 29.3 Å². The minimum absolute atomic E-state index is 0.0500. The fourth-order valence-electron chi connectivity index (χ4n) is 2.48. The third-order valence-corrected chi connectivity index (χ3v) is 4.78. The third kappa shape index (κ3) is 3.45. The summed E-state index contributed by atoms with van der Waals surface area (Å²) in [5, 5.41) is 7.18. The van der Waals surface area contributed by atoms with Gasteiger partial charge in [0.15, 0.2) is 0 Å². The summed E-state index contributed by atoms with van der Waals surface area (Å²) in [6, 6.07) is 8.08. The van der Waals surface area contributed by atoms with E-state index in [-0.39, 0.29) is 5.91 Å². The molecule has 2 heterocycles. The molecule has 2 aromatic rings. The number of benzene rings is 1. The highest BCUT2D eigenvalue weighted by atomic mass is 32.1. The molecule has 1 fully saturated rings. The Morgan fingerprint density at radius 3 is 2.95 bits per heavy atom. The molecule has 1 aliphatic heterocycles. The third-order valence-electron chi connectivity index (χ3n) is 3.74. The summed E-state index contributed by atoms with van der Waals surface area (Å²) in [6.07, 6.45) is 3.95. The molecular formula is C16H19N3O2S. The number of hydrogen-bond donors (Lipinski definition) is 2. The summed E-state index contributed by atoms with van der Waals surface area (Å²) >= 11 is 1.41. The number of thiazole rings is 1. The van der Waals surface area contributed by atoms with Gasteiger partial charge in [0, 0.05) is 18.2 Å². The van der Waals surface area contributed by atoms with Crippen molar-refractivity contribution in [2.45, 2.75) is 18.9 Å². The summed E-state index contributed by atoms with van der Waals surface area (Å²) in [7, 11) is 1.64. The lowest BCUT2D eigenvalue weighted by Gasteiger charge is -2.10. The number of ether oxygens (including phenoxy) is 1. The van der Waals surface area contributed by atoms with Crippen molar-refractivity contribution in [2.75, 3.05) is 20.2 Å². The molecule has 1 aromatic carbocycles.